The van der Waals surface area contributed by atoms with Gasteiger partial charge in [-0.25, -0.2) is 4.39 Å². The topological polar surface area (TPSA) is 34.1 Å². The first-order valence-electron chi connectivity index (χ1n) is 5.00. The maximum atomic E-state index is 12.8. The smallest absolute Gasteiger partial charge is 0.185 e. The fourth-order valence-electron chi connectivity index (χ4n) is 1.15. The number of rotatable bonds is 3. The molecule has 0 atom stereocenters. The lowest BCUT2D eigenvalue weighted by molar-refractivity contribution is -0.109. The third kappa shape index (κ3) is 4.83. The standard InChI is InChI=1S/C13H11FO2S/c1-10(16)17-7-3-2-4-11-5-6-13(14)8-12(11)9-15/h5-6,8-9H,3,7H2,1H3. The SMILES string of the molecule is CC(=O)SCCC#Cc1ccc(F)cc1C=O. The average Bonchev–Trinajstić information content (AvgIpc) is 2.29. The van der Waals surface area contributed by atoms with Gasteiger partial charge in [-0.3, -0.25) is 9.59 Å². The summed E-state index contributed by atoms with van der Waals surface area (Å²) in [7, 11) is 0. The van der Waals surface area contributed by atoms with Gasteiger partial charge >= 0.3 is 0 Å². The van der Waals surface area contributed by atoms with Gasteiger partial charge in [0.1, 0.15) is 5.82 Å². The third-order valence-corrected chi connectivity index (χ3v) is 2.71. The zero-order valence-electron chi connectivity index (χ0n) is 9.33. The van der Waals surface area contributed by atoms with Crippen LogP contribution in [-0.2, 0) is 4.79 Å². The molecular formula is C13H11FO2S. The van der Waals surface area contributed by atoms with Crippen molar-refractivity contribution in [3.05, 3.63) is 35.1 Å². The number of hydrogen-bond acceptors (Lipinski definition) is 3. The van der Waals surface area contributed by atoms with Crippen LogP contribution in [0.4, 0.5) is 4.39 Å². The second-order valence-corrected chi connectivity index (χ2v) is 4.51. The van der Waals surface area contributed by atoms with Crippen LogP contribution in [0.25, 0.3) is 0 Å². The van der Waals surface area contributed by atoms with Gasteiger partial charge in [-0.15, -0.1) is 0 Å². The monoisotopic (exact) mass is 250 g/mol. The molecule has 1 aromatic rings. The van der Waals surface area contributed by atoms with Crippen molar-refractivity contribution in [2.24, 2.45) is 0 Å². The highest BCUT2D eigenvalue weighted by Gasteiger charge is 2.00. The number of carbonyl (C=O) groups excluding carboxylic acids is 2. The van der Waals surface area contributed by atoms with Crippen molar-refractivity contribution in [1.82, 2.24) is 0 Å². The maximum Gasteiger partial charge on any atom is 0.185 e. The lowest BCUT2D eigenvalue weighted by Gasteiger charge is -1.96. The van der Waals surface area contributed by atoms with Gasteiger partial charge in [-0.2, -0.15) is 0 Å². The van der Waals surface area contributed by atoms with E-state index in [1.54, 1.807) is 0 Å². The van der Waals surface area contributed by atoms with Crippen molar-refractivity contribution < 1.29 is 14.0 Å². The predicted octanol–water partition coefficient (Wildman–Crippen LogP) is 2.66. The van der Waals surface area contributed by atoms with E-state index in [-0.39, 0.29) is 10.7 Å². The van der Waals surface area contributed by atoms with Crippen molar-refractivity contribution >= 4 is 23.2 Å². The van der Waals surface area contributed by atoms with Crippen molar-refractivity contribution in [1.29, 1.82) is 0 Å². The van der Waals surface area contributed by atoms with Gasteiger partial charge in [-0.05, 0) is 18.2 Å². The quantitative estimate of drug-likeness (QED) is 0.470. The molecule has 0 heterocycles. The van der Waals surface area contributed by atoms with Crippen LogP contribution in [0.3, 0.4) is 0 Å². The fourth-order valence-corrected chi connectivity index (χ4v) is 1.64. The van der Waals surface area contributed by atoms with Crippen LogP contribution >= 0.6 is 11.8 Å². The Kier molecular flexibility index (Phi) is 5.44. The summed E-state index contributed by atoms with van der Waals surface area (Å²) in [5.74, 6) is 5.81. The highest BCUT2D eigenvalue weighted by molar-refractivity contribution is 8.13. The van der Waals surface area contributed by atoms with E-state index in [1.165, 1.54) is 30.8 Å². The molecule has 0 aromatic heterocycles. The van der Waals surface area contributed by atoms with Crippen LogP contribution in [0.2, 0.25) is 0 Å². The largest absolute Gasteiger partial charge is 0.298 e. The maximum absolute atomic E-state index is 12.8. The average molecular weight is 250 g/mol. The second kappa shape index (κ2) is 6.87. The molecule has 1 rings (SSSR count). The summed E-state index contributed by atoms with van der Waals surface area (Å²) in [6.07, 6.45) is 1.14. The minimum absolute atomic E-state index is 0.0576. The minimum Gasteiger partial charge on any atom is -0.298 e. The van der Waals surface area contributed by atoms with E-state index in [0.717, 1.165) is 6.07 Å². The molecule has 17 heavy (non-hydrogen) atoms. The minimum atomic E-state index is -0.454. The Bertz CT molecular complexity index is 486. The molecule has 0 bridgehead atoms. The van der Waals surface area contributed by atoms with Crippen LogP contribution < -0.4 is 0 Å². The molecule has 1 aromatic carbocycles. The summed E-state index contributed by atoms with van der Waals surface area (Å²) in [5.41, 5.74) is 0.756. The molecule has 0 saturated carbocycles. The molecule has 0 unspecified atom stereocenters. The fraction of sp³-hybridized carbons (Fsp3) is 0.231. The van der Waals surface area contributed by atoms with Gasteiger partial charge in [0.2, 0.25) is 0 Å². The molecule has 88 valence electrons. The lowest BCUT2D eigenvalue weighted by Crippen LogP contribution is -1.89. The summed E-state index contributed by atoms with van der Waals surface area (Å²) in [5, 5.41) is 0.0576. The van der Waals surface area contributed by atoms with Crippen LogP contribution in [0.15, 0.2) is 18.2 Å². The molecule has 0 N–H and O–H groups in total. The zero-order valence-corrected chi connectivity index (χ0v) is 10.1. The molecule has 0 amide bonds. The van der Waals surface area contributed by atoms with Gasteiger partial charge in [-0.1, -0.05) is 23.6 Å². The summed E-state index contributed by atoms with van der Waals surface area (Å²) in [4.78, 5) is 21.3. The number of benzene rings is 1. The van der Waals surface area contributed by atoms with E-state index in [4.69, 9.17) is 0 Å². The van der Waals surface area contributed by atoms with Gasteiger partial charge in [0.25, 0.3) is 0 Å². The third-order valence-electron chi connectivity index (χ3n) is 1.90. The Balaban J connectivity index is 2.65. The first-order valence-corrected chi connectivity index (χ1v) is 5.99. The molecule has 0 aliphatic carbocycles. The van der Waals surface area contributed by atoms with E-state index >= 15 is 0 Å². The van der Waals surface area contributed by atoms with E-state index in [1.807, 2.05) is 0 Å². The number of aldehydes is 1. The Labute approximate surface area is 104 Å². The van der Waals surface area contributed by atoms with E-state index in [0.29, 0.717) is 24.0 Å². The highest BCUT2D eigenvalue weighted by atomic mass is 32.2. The number of carbonyl (C=O) groups is 2. The van der Waals surface area contributed by atoms with Crippen molar-refractivity contribution in [2.45, 2.75) is 13.3 Å². The molecule has 2 nitrogen and oxygen atoms in total. The van der Waals surface area contributed by atoms with Gasteiger partial charge in [0, 0.05) is 30.2 Å². The van der Waals surface area contributed by atoms with Crippen molar-refractivity contribution in [3.8, 4) is 11.8 Å². The van der Waals surface area contributed by atoms with Crippen LogP contribution in [0.1, 0.15) is 29.3 Å². The van der Waals surface area contributed by atoms with E-state index in [9.17, 15) is 14.0 Å². The molecule has 0 spiro atoms. The predicted molar refractivity (Wildman–Crippen MR) is 66.4 cm³/mol. The van der Waals surface area contributed by atoms with E-state index in [2.05, 4.69) is 11.8 Å². The second-order valence-electron chi connectivity index (χ2n) is 3.24. The van der Waals surface area contributed by atoms with Crippen molar-refractivity contribution in [2.75, 3.05) is 5.75 Å². The summed E-state index contributed by atoms with van der Waals surface area (Å²) in [6, 6.07) is 3.90. The Morgan fingerprint density at radius 3 is 2.94 bits per heavy atom. The van der Waals surface area contributed by atoms with Gasteiger partial charge < -0.3 is 0 Å². The lowest BCUT2D eigenvalue weighted by atomic mass is 10.1. The Morgan fingerprint density at radius 1 is 1.53 bits per heavy atom. The normalized spacial score (nSPS) is 9.29. The number of thioether (sulfide) groups is 1. The summed E-state index contributed by atoms with van der Waals surface area (Å²) < 4.78 is 12.8. The summed E-state index contributed by atoms with van der Waals surface area (Å²) in [6.45, 7) is 1.50. The van der Waals surface area contributed by atoms with Crippen LogP contribution in [-0.4, -0.2) is 17.2 Å². The first kappa shape index (κ1) is 13.5. The molecule has 0 saturated heterocycles. The number of halogens is 1. The van der Waals surface area contributed by atoms with E-state index < -0.39 is 5.82 Å². The summed E-state index contributed by atoms with van der Waals surface area (Å²) >= 11 is 1.21. The van der Waals surface area contributed by atoms with Crippen LogP contribution in [0, 0.1) is 17.7 Å². The van der Waals surface area contributed by atoms with Gasteiger partial charge in [0.15, 0.2) is 11.4 Å². The molecule has 0 aliphatic rings. The Morgan fingerprint density at radius 2 is 2.29 bits per heavy atom. The van der Waals surface area contributed by atoms with Gasteiger partial charge in [0.05, 0.1) is 0 Å². The van der Waals surface area contributed by atoms with Crippen molar-refractivity contribution in [3.63, 3.8) is 0 Å². The molecular weight excluding hydrogens is 239 g/mol. The molecule has 4 heteroatoms. The Hall–Kier alpha value is -1.60. The molecule has 0 radical (unpaired) electrons. The zero-order chi connectivity index (χ0) is 12.7. The molecule has 0 fully saturated rings. The molecule has 0 aliphatic heterocycles. The van der Waals surface area contributed by atoms with Crippen LogP contribution in [0.5, 0.6) is 0 Å². The highest BCUT2D eigenvalue weighted by Crippen LogP contribution is 2.08. The number of hydrogen-bond donors (Lipinski definition) is 0. The first-order chi connectivity index (χ1) is 8.13.